The van der Waals surface area contributed by atoms with Crippen LogP contribution in [0.5, 0.6) is 0 Å². The van der Waals surface area contributed by atoms with Crippen LogP contribution >= 0.6 is 0 Å². The minimum atomic E-state index is -0.926. The molecular weight excluding hydrogens is 177 g/mol. The van der Waals surface area contributed by atoms with E-state index in [9.17, 15) is 14.0 Å². The lowest BCUT2D eigenvalue weighted by molar-refractivity contribution is -0.139. The normalized spacial score (nSPS) is 19.1. The zero-order valence-electron chi connectivity index (χ0n) is 7.29. The lowest BCUT2D eigenvalue weighted by Crippen LogP contribution is -2.57. The van der Waals surface area contributed by atoms with Gasteiger partial charge in [-0.05, 0) is 6.92 Å². The summed E-state index contributed by atoms with van der Waals surface area (Å²) in [7, 11) is 0. The van der Waals surface area contributed by atoms with E-state index in [2.05, 4.69) is 5.32 Å². The molecule has 1 saturated heterocycles. The van der Waals surface area contributed by atoms with Gasteiger partial charge in [0, 0.05) is 0 Å². The average molecular weight is 189 g/mol. The lowest BCUT2D eigenvalue weighted by atomic mass is 10.1. The molecule has 0 aliphatic carbocycles. The zero-order valence-corrected chi connectivity index (χ0v) is 7.29. The summed E-state index contributed by atoms with van der Waals surface area (Å²) >= 11 is 0. The Morgan fingerprint density at radius 3 is 2.54 bits per heavy atom. The molecule has 0 aromatic rings. The first-order valence-corrected chi connectivity index (χ1v) is 3.99. The Hall–Kier alpha value is -1.33. The molecule has 13 heavy (non-hydrogen) atoms. The van der Waals surface area contributed by atoms with Crippen molar-refractivity contribution in [3.63, 3.8) is 0 Å². The Bertz CT molecular complexity index is 228. The number of halogens is 1. The number of likely N-dealkylation sites (tertiary alicyclic amines) is 1. The van der Waals surface area contributed by atoms with Crippen LogP contribution in [-0.2, 0) is 4.79 Å². The molecule has 0 radical (unpaired) electrons. The number of hydrogen-bond acceptors (Lipinski definition) is 2. The van der Waals surface area contributed by atoms with E-state index in [1.165, 1.54) is 11.8 Å². The smallest absolute Gasteiger partial charge is 0.312 e. The van der Waals surface area contributed by atoms with Crippen molar-refractivity contribution in [3.8, 4) is 0 Å². The summed E-state index contributed by atoms with van der Waals surface area (Å²) in [5.41, 5.74) is 4.82. The fourth-order valence-electron chi connectivity index (χ4n) is 1.15. The fourth-order valence-corrected chi connectivity index (χ4v) is 1.15. The molecule has 0 saturated carbocycles. The Kier molecular flexibility index (Phi) is 2.69. The SMILES string of the molecule is C[C@H](NC(N)=O)C(=O)N1CC(F)C1. The van der Waals surface area contributed by atoms with Crippen LogP contribution in [0, 0.1) is 0 Å². The lowest BCUT2D eigenvalue weighted by Gasteiger charge is -2.36. The second kappa shape index (κ2) is 3.59. The topological polar surface area (TPSA) is 75.4 Å². The monoisotopic (exact) mass is 189 g/mol. The molecule has 6 heteroatoms. The number of rotatable bonds is 2. The molecule has 3 amide bonds. The molecule has 1 aliphatic heterocycles. The van der Waals surface area contributed by atoms with Gasteiger partial charge < -0.3 is 16.0 Å². The van der Waals surface area contributed by atoms with Gasteiger partial charge in [-0.15, -0.1) is 0 Å². The van der Waals surface area contributed by atoms with Gasteiger partial charge in [-0.3, -0.25) is 4.79 Å². The quantitative estimate of drug-likeness (QED) is 0.598. The van der Waals surface area contributed by atoms with Crippen molar-refractivity contribution >= 4 is 11.9 Å². The van der Waals surface area contributed by atoms with E-state index >= 15 is 0 Å². The van der Waals surface area contributed by atoms with Crippen molar-refractivity contribution < 1.29 is 14.0 Å². The molecule has 1 fully saturated rings. The number of primary amides is 1. The highest BCUT2D eigenvalue weighted by Gasteiger charge is 2.32. The van der Waals surface area contributed by atoms with Crippen molar-refractivity contribution in [2.45, 2.75) is 19.1 Å². The predicted octanol–water partition coefficient (Wildman–Crippen LogP) is -0.776. The summed E-state index contributed by atoms with van der Waals surface area (Å²) in [4.78, 5) is 23.0. The van der Waals surface area contributed by atoms with Gasteiger partial charge in [0.05, 0.1) is 13.1 Å². The van der Waals surface area contributed by atoms with Gasteiger partial charge in [-0.1, -0.05) is 0 Å². The van der Waals surface area contributed by atoms with Crippen molar-refractivity contribution in [1.29, 1.82) is 0 Å². The first-order chi connectivity index (χ1) is 6.00. The van der Waals surface area contributed by atoms with Crippen LogP contribution in [0.1, 0.15) is 6.92 Å². The van der Waals surface area contributed by atoms with Gasteiger partial charge in [0.15, 0.2) is 0 Å². The van der Waals surface area contributed by atoms with Gasteiger partial charge in [0.1, 0.15) is 12.2 Å². The summed E-state index contributed by atoms with van der Waals surface area (Å²) in [6, 6.07) is -1.43. The summed E-state index contributed by atoms with van der Waals surface area (Å²) in [5, 5.41) is 2.23. The molecule has 1 rings (SSSR count). The van der Waals surface area contributed by atoms with Crippen molar-refractivity contribution in [1.82, 2.24) is 10.2 Å². The maximum atomic E-state index is 12.3. The van der Waals surface area contributed by atoms with Gasteiger partial charge in [-0.2, -0.15) is 0 Å². The third-order valence-corrected chi connectivity index (χ3v) is 1.88. The van der Waals surface area contributed by atoms with Crippen LogP contribution in [0.15, 0.2) is 0 Å². The number of alkyl halides is 1. The number of nitrogens with one attached hydrogen (secondary N) is 1. The highest BCUT2D eigenvalue weighted by molar-refractivity contribution is 5.86. The number of nitrogens with zero attached hydrogens (tertiary/aromatic N) is 1. The average Bonchev–Trinajstić information content (AvgIpc) is 1.96. The minimum absolute atomic E-state index is 0.115. The maximum Gasteiger partial charge on any atom is 0.312 e. The summed E-state index contributed by atoms with van der Waals surface area (Å²) in [6.07, 6.45) is -0.926. The van der Waals surface area contributed by atoms with Gasteiger partial charge in [0.25, 0.3) is 0 Å². The van der Waals surface area contributed by atoms with Crippen molar-refractivity contribution in [3.05, 3.63) is 0 Å². The molecular formula is C7H12FN3O2. The fraction of sp³-hybridized carbons (Fsp3) is 0.714. The molecule has 0 bridgehead atoms. The molecule has 1 aliphatic rings. The second-order valence-electron chi connectivity index (χ2n) is 3.07. The second-order valence-corrected chi connectivity index (χ2v) is 3.07. The number of amides is 3. The number of hydrogen-bond donors (Lipinski definition) is 2. The summed E-state index contributed by atoms with van der Waals surface area (Å²) < 4.78 is 12.3. The van der Waals surface area contributed by atoms with Crippen LogP contribution in [0.25, 0.3) is 0 Å². The van der Waals surface area contributed by atoms with Crippen LogP contribution in [-0.4, -0.2) is 42.1 Å². The van der Waals surface area contributed by atoms with Gasteiger partial charge >= 0.3 is 6.03 Å². The van der Waals surface area contributed by atoms with E-state index in [1.807, 2.05) is 0 Å². The van der Waals surface area contributed by atoms with Gasteiger partial charge in [0.2, 0.25) is 5.91 Å². The third-order valence-electron chi connectivity index (χ3n) is 1.88. The van der Waals surface area contributed by atoms with E-state index in [0.29, 0.717) is 0 Å². The molecule has 3 N–H and O–H groups in total. The third kappa shape index (κ3) is 2.30. The van der Waals surface area contributed by atoms with E-state index in [-0.39, 0.29) is 19.0 Å². The van der Waals surface area contributed by atoms with Crippen LogP contribution in [0.2, 0.25) is 0 Å². The predicted molar refractivity (Wildman–Crippen MR) is 43.7 cm³/mol. The molecule has 0 aromatic carbocycles. The number of urea groups is 1. The Morgan fingerprint density at radius 2 is 2.15 bits per heavy atom. The molecule has 74 valence electrons. The Balaban J connectivity index is 2.35. The van der Waals surface area contributed by atoms with Crippen LogP contribution in [0.3, 0.4) is 0 Å². The number of nitrogens with two attached hydrogens (primary N) is 1. The summed E-state index contributed by atoms with van der Waals surface area (Å²) in [5.74, 6) is -0.298. The molecule has 0 aromatic heterocycles. The molecule has 5 nitrogen and oxygen atoms in total. The van der Waals surface area contributed by atoms with Crippen LogP contribution < -0.4 is 11.1 Å². The van der Waals surface area contributed by atoms with Crippen molar-refractivity contribution in [2.75, 3.05) is 13.1 Å². The van der Waals surface area contributed by atoms with E-state index < -0.39 is 18.2 Å². The Labute approximate surface area is 75.1 Å². The highest BCUT2D eigenvalue weighted by atomic mass is 19.1. The van der Waals surface area contributed by atoms with E-state index in [1.54, 1.807) is 0 Å². The van der Waals surface area contributed by atoms with E-state index in [0.717, 1.165) is 0 Å². The number of carbonyl (C=O) groups is 2. The standard InChI is InChI=1S/C7H12FN3O2/c1-4(10-7(9)13)6(12)11-2-5(8)3-11/h4-5H,2-3H2,1H3,(H3,9,10,13)/t4-/m0/s1. The zero-order chi connectivity index (χ0) is 10.0. The largest absolute Gasteiger partial charge is 0.352 e. The summed E-state index contributed by atoms with van der Waals surface area (Å²) in [6.45, 7) is 1.74. The van der Waals surface area contributed by atoms with E-state index in [4.69, 9.17) is 5.73 Å². The first-order valence-electron chi connectivity index (χ1n) is 3.99. The van der Waals surface area contributed by atoms with Crippen molar-refractivity contribution in [2.24, 2.45) is 5.73 Å². The first kappa shape index (κ1) is 9.76. The molecule has 0 unspecified atom stereocenters. The maximum absolute atomic E-state index is 12.3. The molecule has 0 spiro atoms. The number of carbonyl (C=O) groups excluding carboxylic acids is 2. The minimum Gasteiger partial charge on any atom is -0.352 e. The molecule has 1 atom stereocenters. The Morgan fingerprint density at radius 1 is 1.62 bits per heavy atom. The van der Waals surface area contributed by atoms with Gasteiger partial charge in [-0.25, -0.2) is 9.18 Å². The van der Waals surface area contributed by atoms with Crippen LogP contribution in [0.4, 0.5) is 9.18 Å². The highest BCUT2D eigenvalue weighted by Crippen LogP contribution is 2.12. The molecule has 1 heterocycles.